The summed E-state index contributed by atoms with van der Waals surface area (Å²) in [6.45, 7) is 4.91. The SMILES string of the molecule is CCCCCCCCCCCCCCCCCC(C)CCO. The topological polar surface area (TPSA) is 20.2 Å². The van der Waals surface area contributed by atoms with Gasteiger partial charge in [0.15, 0.2) is 0 Å². The second kappa shape index (κ2) is 19.0. The van der Waals surface area contributed by atoms with Crippen molar-refractivity contribution in [3.8, 4) is 0 Å². The van der Waals surface area contributed by atoms with Gasteiger partial charge in [0.05, 0.1) is 0 Å². The Balaban J connectivity index is 3.00. The van der Waals surface area contributed by atoms with Crippen LogP contribution in [0.5, 0.6) is 0 Å². The maximum atomic E-state index is 8.86. The molecule has 1 N–H and O–H groups in total. The Morgan fingerprint density at radius 1 is 0.545 bits per heavy atom. The highest BCUT2D eigenvalue weighted by Crippen LogP contribution is 2.16. The van der Waals surface area contributed by atoms with Gasteiger partial charge in [-0.1, -0.05) is 117 Å². The molecular weight excluding hydrogens is 268 g/mol. The van der Waals surface area contributed by atoms with Gasteiger partial charge in [0.25, 0.3) is 0 Å². The summed E-state index contributed by atoms with van der Waals surface area (Å²) in [4.78, 5) is 0. The lowest BCUT2D eigenvalue weighted by atomic mass is 9.99. The van der Waals surface area contributed by atoms with Crippen LogP contribution < -0.4 is 0 Å². The third-order valence-electron chi connectivity index (χ3n) is 4.92. The van der Waals surface area contributed by atoms with E-state index in [0.29, 0.717) is 12.5 Å². The Bertz CT molecular complexity index is 190. The summed E-state index contributed by atoms with van der Waals surface area (Å²) in [6.07, 6.45) is 23.8. The molecule has 0 aliphatic rings. The maximum absolute atomic E-state index is 8.86. The predicted molar refractivity (Wildman–Crippen MR) is 100 cm³/mol. The molecule has 1 atom stereocenters. The Labute approximate surface area is 141 Å². The van der Waals surface area contributed by atoms with Crippen molar-refractivity contribution in [1.29, 1.82) is 0 Å². The number of hydrogen-bond donors (Lipinski definition) is 1. The number of unbranched alkanes of at least 4 members (excludes halogenated alkanes) is 14. The molecule has 0 saturated carbocycles. The first-order chi connectivity index (χ1) is 10.8. The Kier molecular flexibility index (Phi) is 19.0. The lowest BCUT2D eigenvalue weighted by molar-refractivity contribution is 0.256. The molecule has 0 rings (SSSR count). The van der Waals surface area contributed by atoms with Crippen LogP contribution in [0, 0.1) is 5.92 Å². The minimum atomic E-state index is 0.361. The van der Waals surface area contributed by atoms with Crippen LogP contribution in [0.15, 0.2) is 0 Å². The van der Waals surface area contributed by atoms with Crippen molar-refractivity contribution < 1.29 is 5.11 Å². The van der Waals surface area contributed by atoms with Crippen molar-refractivity contribution in [3.63, 3.8) is 0 Å². The molecule has 0 heterocycles. The number of rotatable bonds is 18. The van der Waals surface area contributed by atoms with Crippen LogP contribution in [0.4, 0.5) is 0 Å². The molecule has 0 aromatic carbocycles. The highest BCUT2D eigenvalue weighted by molar-refractivity contribution is 4.54. The molecule has 0 aromatic rings. The Morgan fingerprint density at radius 2 is 0.909 bits per heavy atom. The highest BCUT2D eigenvalue weighted by atomic mass is 16.3. The zero-order chi connectivity index (χ0) is 16.3. The molecule has 0 aliphatic carbocycles. The molecule has 0 spiro atoms. The van der Waals surface area contributed by atoms with Gasteiger partial charge in [0.1, 0.15) is 0 Å². The minimum absolute atomic E-state index is 0.361. The molecule has 1 nitrogen and oxygen atoms in total. The fourth-order valence-electron chi connectivity index (χ4n) is 3.23. The van der Waals surface area contributed by atoms with E-state index in [1.165, 1.54) is 103 Å². The zero-order valence-electron chi connectivity index (χ0n) is 15.8. The van der Waals surface area contributed by atoms with Crippen LogP contribution in [0.3, 0.4) is 0 Å². The van der Waals surface area contributed by atoms with Crippen LogP contribution >= 0.6 is 0 Å². The van der Waals surface area contributed by atoms with Crippen molar-refractivity contribution in [1.82, 2.24) is 0 Å². The number of hydrogen-bond acceptors (Lipinski definition) is 1. The lowest BCUT2D eigenvalue weighted by Gasteiger charge is -2.08. The van der Waals surface area contributed by atoms with Gasteiger partial charge in [-0.05, 0) is 12.3 Å². The average molecular weight is 313 g/mol. The summed E-state index contributed by atoms with van der Waals surface area (Å²) in [7, 11) is 0. The Hall–Kier alpha value is -0.0400. The van der Waals surface area contributed by atoms with Crippen LogP contribution in [0.2, 0.25) is 0 Å². The quantitative estimate of drug-likeness (QED) is 0.264. The van der Waals surface area contributed by atoms with Gasteiger partial charge in [-0.25, -0.2) is 0 Å². The highest BCUT2D eigenvalue weighted by Gasteiger charge is 2.00. The normalized spacial score (nSPS) is 12.7. The van der Waals surface area contributed by atoms with Crippen molar-refractivity contribution >= 4 is 0 Å². The van der Waals surface area contributed by atoms with Gasteiger partial charge >= 0.3 is 0 Å². The van der Waals surface area contributed by atoms with E-state index in [0.717, 1.165) is 6.42 Å². The van der Waals surface area contributed by atoms with E-state index in [4.69, 9.17) is 5.11 Å². The van der Waals surface area contributed by atoms with E-state index in [-0.39, 0.29) is 0 Å². The molecule has 0 amide bonds. The molecule has 0 radical (unpaired) electrons. The van der Waals surface area contributed by atoms with Gasteiger partial charge in [-0.3, -0.25) is 0 Å². The summed E-state index contributed by atoms with van der Waals surface area (Å²) in [5, 5.41) is 8.86. The van der Waals surface area contributed by atoms with E-state index < -0.39 is 0 Å². The second-order valence-corrected chi connectivity index (χ2v) is 7.36. The first kappa shape index (κ1) is 22.0. The van der Waals surface area contributed by atoms with E-state index >= 15 is 0 Å². The standard InChI is InChI=1S/C21H44O/c1-3-4-5-6-7-8-9-10-11-12-13-14-15-16-17-18-21(2)19-20-22/h21-22H,3-20H2,1-2H3. The average Bonchev–Trinajstić information content (AvgIpc) is 2.51. The molecular formula is C21H44O. The summed E-state index contributed by atoms with van der Waals surface area (Å²) in [6, 6.07) is 0. The molecule has 0 fully saturated rings. The molecule has 1 heteroatoms. The smallest absolute Gasteiger partial charge is 0.0433 e. The fourth-order valence-corrected chi connectivity index (χ4v) is 3.23. The molecule has 0 bridgehead atoms. The minimum Gasteiger partial charge on any atom is -0.396 e. The van der Waals surface area contributed by atoms with Gasteiger partial charge in [-0.15, -0.1) is 0 Å². The molecule has 134 valence electrons. The van der Waals surface area contributed by atoms with Gasteiger partial charge < -0.3 is 5.11 Å². The number of aliphatic hydroxyl groups is 1. The summed E-state index contributed by atoms with van der Waals surface area (Å²) in [5.74, 6) is 0.715. The molecule has 0 aliphatic heterocycles. The molecule has 0 saturated heterocycles. The summed E-state index contributed by atoms with van der Waals surface area (Å²) >= 11 is 0. The first-order valence-corrected chi connectivity index (χ1v) is 10.4. The molecule has 0 aromatic heterocycles. The van der Waals surface area contributed by atoms with E-state index in [1.54, 1.807) is 0 Å². The lowest BCUT2D eigenvalue weighted by Crippen LogP contribution is -1.97. The van der Waals surface area contributed by atoms with Crippen molar-refractivity contribution in [2.45, 2.75) is 123 Å². The monoisotopic (exact) mass is 312 g/mol. The third-order valence-corrected chi connectivity index (χ3v) is 4.92. The van der Waals surface area contributed by atoms with E-state index in [2.05, 4.69) is 13.8 Å². The van der Waals surface area contributed by atoms with E-state index in [9.17, 15) is 0 Å². The van der Waals surface area contributed by atoms with Gasteiger partial charge in [-0.2, -0.15) is 0 Å². The largest absolute Gasteiger partial charge is 0.396 e. The van der Waals surface area contributed by atoms with Crippen LogP contribution in [-0.4, -0.2) is 11.7 Å². The first-order valence-electron chi connectivity index (χ1n) is 10.4. The summed E-state index contributed by atoms with van der Waals surface area (Å²) < 4.78 is 0. The van der Waals surface area contributed by atoms with Crippen molar-refractivity contribution in [2.75, 3.05) is 6.61 Å². The fraction of sp³-hybridized carbons (Fsp3) is 1.00. The van der Waals surface area contributed by atoms with Crippen molar-refractivity contribution in [2.24, 2.45) is 5.92 Å². The number of aliphatic hydroxyl groups excluding tert-OH is 1. The van der Waals surface area contributed by atoms with Crippen molar-refractivity contribution in [3.05, 3.63) is 0 Å². The molecule has 1 unspecified atom stereocenters. The van der Waals surface area contributed by atoms with Gasteiger partial charge in [0, 0.05) is 6.61 Å². The second-order valence-electron chi connectivity index (χ2n) is 7.36. The van der Waals surface area contributed by atoms with Gasteiger partial charge in [0.2, 0.25) is 0 Å². The Morgan fingerprint density at radius 3 is 1.27 bits per heavy atom. The molecule has 22 heavy (non-hydrogen) atoms. The zero-order valence-corrected chi connectivity index (χ0v) is 15.8. The van der Waals surface area contributed by atoms with E-state index in [1.807, 2.05) is 0 Å². The summed E-state index contributed by atoms with van der Waals surface area (Å²) in [5.41, 5.74) is 0. The maximum Gasteiger partial charge on any atom is 0.0433 e. The van der Waals surface area contributed by atoms with Crippen LogP contribution in [-0.2, 0) is 0 Å². The van der Waals surface area contributed by atoms with Crippen LogP contribution in [0.1, 0.15) is 123 Å². The van der Waals surface area contributed by atoms with Crippen LogP contribution in [0.25, 0.3) is 0 Å². The predicted octanol–water partition coefficient (Wildman–Crippen LogP) is 7.27. The third kappa shape index (κ3) is 18.0.